The summed E-state index contributed by atoms with van der Waals surface area (Å²) in [6.45, 7) is 7.42. The van der Waals surface area contributed by atoms with Gasteiger partial charge in [0.2, 0.25) is 0 Å². The highest BCUT2D eigenvalue weighted by molar-refractivity contribution is 5.16. The van der Waals surface area contributed by atoms with Crippen LogP contribution in [0.3, 0.4) is 0 Å². The van der Waals surface area contributed by atoms with Crippen LogP contribution >= 0.6 is 0 Å². The quantitative estimate of drug-likeness (QED) is 0.661. The van der Waals surface area contributed by atoms with E-state index in [9.17, 15) is 4.39 Å². The van der Waals surface area contributed by atoms with E-state index in [4.69, 9.17) is 6.58 Å². The van der Waals surface area contributed by atoms with Crippen LogP contribution in [0, 0.1) is 18.3 Å². The fraction of sp³-hybridized carbons (Fsp3) is 0.333. The maximum atomic E-state index is 12.8. The molecule has 0 aliphatic heterocycles. The predicted molar refractivity (Wildman–Crippen MR) is 52.8 cm³/mol. The van der Waals surface area contributed by atoms with E-state index in [1.807, 2.05) is 6.07 Å². The number of hydrogen-bond donors (Lipinski definition) is 0. The summed E-state index contributed by atoms with van der Waals surface area (Å²) in [6, 6.07) is 6.72. The third-order valence-electron chi connectivity index (χ3n) is 2.01. The number of rotatable bonds is 4. The van der Waals surface area contributed by atoms with Crippen LogP contribution in [-0.4, -0.2) is 0 Å². The molecular formula is C12H14F. The van der Waals surface area contributed by atoms with Crippen LogP contribution in [0.1, 0.15) is 18.9 Å². The minimum Gasteiger partial charge on any atom is -0.207 e. The summed E-state index contributed by atoms with van der Waals surface area (Å²) in [5, 5.41) is 0. The Labute approximate surface area is 79.1 Å². The van der Waals surface area contributed by atoms with E-state index in [2.05, 4.69) is 6.92 Å². The van der Waals surface area contributed by atoms with Gasteiger partial charge in [-0.3, -0.25) is 0 Å². The largest absolute Gasteiger partial charge is 0.207 e. The number of halogens is 1. The molecule has 0 N–H and O–H groups in total. The van der Waals surface area contributed by atoms with Crippen LogP contribution in [0.5, 0.6) is 0 Å². The molecule has 1 unspecified atom stereocenters. The lowest BCUT2D eigenvalue weighted by Gasteiger charge is -2.07. The van der Waals surface area contributed by atoms with Gasteiger partial charge in [-0.15, -0.1) is 0 Å². The van der Waals surface area contributed by atoms with E-state index in [0.717, 1.165) is 18.4 Å². The molecule has 0 saturated carbocycles. The summed E-state index contributed by atoms with van der Waals surface area (Å²) >= 11 is 0. The van der Waals surface area contributed by atoms with Crippen LogP contribution < -0.4 is 0 Å². The van der Waals surface area contributed by atoms with Crippen molar-refractivity contribution in [2.24, 2.45) is 5.92 Å². The van der Waals surface area contributed by atoms with Crippen LogP contribution in [0.15, 0.2) is 30.3 Å². The van der Waals surface area contributed by atoms with Gasteiger partial charge in [-0.05, 0) is 36.5 Å². The third kappa shape index (κ3) is 3.41. The van der Waals surface area contributed by atoms with Crippen LogP contribution in [-0.2, 0) is 6.42 Å². The first-order chi connectivity index (χ1) is 6.22. The lowest BCUT2D eigenvalue weighted by Crippen LogP contribution is -1.98. The van der Waals surface area contributed by atoms with Gasteiger partial charge in [0.1, 0.15) is 5.82 Å². The van der Waals surface area contributed by atoms with Crippen molar-refractivity contribution in [1.82, 2.24) is 0 Å². The second-order valence-electron chi connectivity index (χ2n) is 3.41. The second kappa shape index (κ2) is 4.80. The van der Waals surface area contributed by atoms with Gasteiger partial charge in [-0.1, -0.05) is 31.7 Å². The SMILES string of the molecule is [CH]=CCC(C)Cc1cccc(F)c1. The zero-order chi connectivity index (χ0) is 9.68. The van der Waals surface area contributed by atoms with Crippen LogP contribution in [0.25, 0.3) is 0 Å². The molecule has 69 valence electrons. The van der Waals surface area contributed by atoms with Crippen molar-refractivity contribution >= 4 is 0 Å². The Morgan fingerprint density at radius 3 is 2.92 bits per heavy atom. The van der Waals surface area contributed by atoms with Crippen molar-refractivity contribution < 1.29 is 4.39 Å². The molecular weight excluding hydrogens is 163 g/mol. The highest BCUT2D eigenvalue weighted by Crippen LogP contribution is 2.12. The Hall–Kier alpha value is -1.11. The normalized spacial score (nSPS) is 12.5. The van der Waals surface area contributed by atoms with Crippen LogP contribution in [0.4, 0.5) is 4.39 Å². The molecule has 0 aromatic heterocycles. The third-order valence-corrected chi connectivity index (χ3v) is 2.01. The van der Waals surface area contributed by atoms with E-state index in [1.165, 1.54) is 6.07 Å². The Morgan fingerprint density at radius 1 is 1.54 bits per heavy atom. The van der Waals surface area contributed by atoms with Gasteiger partial charge < -0.3 is 0 Å². The molecule has 0 saturated heterocycles. The van der Waals surface area contributed by atoms with E-state index >= 15 is 0 Å². The topological polar surface area (TPSA) is 0 Å². The monoisotopic (exact) mass is 177 g/mol. The van der Waals surface area contributed by atoms with Crippen molar-refractivity contribution in [2.75, 3.05) is 0 Å². The molecule has 0 amide bonds. The molecule has 0 aliphatic rings. The molecule has 1 heteroatoms. The van der Waals surface area contributed by atoms with E-state index in [1.54, 1.807) is 18.2 Å². The van der Waals surface area contributed by atoms with E-state index in [0.29, 0.717) is 5.92 Å². The Bertz CT molecular complexity index is 278. The summed E-state index contributed by atoms with van der Waals surface area (Å²) in [5.41, 5.74) is 1.04. The van der Waals surface area contributed by atoms with Crippen LogP contribution in [0.2, 0.25) is 0 Å². The van der Waals surface area contributed by atoms with Crippen molar-refractivity contribution in [1.29, 1.82) is 0 Å². The first-order valence-electron chi connectivity index (χ1n) is 4.50. The summed E-state index contributed by atoms with van der Waals surface area (Å²) < 4.78 is 12.8. The lowest BCUT2D eigenvalue weighted by atomic mass is 9.98. The molecule has 0 fully saturated rings. The van der Waals surface area contributed by atoms with Gasteiger partial charge in [0.15, 0.2) is 0 Å². The Kier molecular flexibility index (Phi) is 3.69. The van der Waals surface area contributed by atoms with Gasteiger partial charge in [-0.2, -0.15) is 0 Å². The first kappa shape index (κ1) is 9.97. The van der Waals surface area contributed by atoms with Gasteiger partial charge in [0.05, 0.1) is 0 Å². The molecule has 13 heavy (non-hydrogen) atoms. The lowest BCUT2D eigenvalue weighted by molar-refractivity contribution is 0.581. The van der Waals surface area contributed by atoms with Gasteiger partial charge in [0, 0.05) is 0 Å². The molecule has 0 heterocycles. The molecule has 1 radical (unpaired) electrons. The summed E-state index contributed by atoms with van der Waals surface area (Å²) in [5.74, 6) is 0.313. The van der Waals surface area contributed by atoms with Gasteiger partial charge >= 0.3 is 0 Å². The molecule has 1 aromatic carbocycles. The molecule has 0 nitrogen and oxygen atoms in total. The Balaban J connectivity index is 2.58. The highest BCUT2D eigenvalue weighted by atomic mass is 19.1. The van der Waals surface area contributed by atoms with Crippen molar-refractivity contribution in [3.8, 4) is 0 Å². The molecule has 0 bridgehead atoms. The first-order valence-corrected chi connectivity index (χ1v) is 4.50. The predicted octanol–water partition coefficient (Wildman–Crippen LogP) is 3.38. The maximum Gasteiger partial charge on any atom is 0.123 e. The van der Waals surface area contributed by atoms with Crippen molar-refractivity contribution in [2.45, 2.75) is 19.8 Å². The van der Waals surface area contributed by atoms with Crippen molar-refractivity contribution in [3.05, 3.63) is 48.3 Å². The molecule has 0 spiro atoms. The fourth-order valence-corrected chi connectivity index (χ4v) is 1.38. The minimum absolute atomic E-state index is 0.165. The standard InChI is InChI=1S/C12H14F/c1-3-5-10(2)8-11-6-4-7-12(13)9-11/h1,3-4,6-7,9-10H,5,8H2,2H3. The smallest absolute Gasteiger partial charge is 0.123 e. The van der Waals surface area contributed by atoms with E-state index < -0.39 is 0 Å². The highest BCUT2D eigenvalue weighted by Gasteiger charge is 2.01. The van der Waals surface area contributed by atoms with Crippen molar-refractivity contribution in [3.63, 3.8) is 0 Å². The molecule has 1 aromatic rings. The summed E-state index contributed by atoms with van der Waals surface area (Å²) in [6.07, 6.45) is 3.41. The van der Waals surface area contributed by atoms with E-state index in [-0.39, 0.29) is 5.82 Å². The summed E-state index contributed by atoms with van der Waals surface area (Å²) in [4.78, 5) is 0. The summed E-state index contributed by atoms with van der Waals surface area (Å²) in [7, 11) is 0. The average Bonchev–Trinajstić information content (AvgIpc) is 2.04. The zero-order valence-corrected chi connectivity index (χ0v) is 7.83. The zero-order valence-electron chi connectivity index (χ0n) is 7.83. The Morgan fingerprint density at radius 2 is 2.31 bits per heavy atom. The number of hydrogen-bond acceptors (Lipinski definition) is 0. The number of allylic oxidation sites excluding steroid dienone is 1. The molecule has 0 aliphatic carbocycles. The fourth-order valence-electron chi connectivity index (χ4n) is 1.38. The van der Waals surface area contributed by atoms with Gasteiger partial charge in [0.25, 0.3) is 0 Å². The molecule has 1 rings (SSSR count). The molecule has 1 atom stereocenters. The van der Waals surface area contributed by atoms with Gasteiger partial charge in [-0.25, -0.2) is 4.39 Å². The minimum atomic E-state index is -0.165. The second-order valence-corrected chi connectivity index (χ2v) is 3.41. The number of benzene rings is 1. The average molecular weight is 177 g/mol. The maximum absolute atomic E-state index is 12.8.